The van der Waals surface area contributed by atoms with Crippen LogP contribution in [-0.4, -0.2) is 77.8 Å². The number of anilines is 1. The molecule has 4 aromatic heterocycles. The molecular formula is C29H25N7O9S3. The van der Waals surface area contributed by atoms with E-state index in [1.807, 2.05) is 40.4 Å². The van der Waals surface area contributed by atoms with Gasteiger partial charge < -0.3 is 45.9 Å². The maximum Gasteiger partial charge on any atom is 0.354 e. The zero-order valence-electron chi connectivity index (χ0n) is 24.4. The molecule has 6 heterocycles. The summed E-state index contributed by atoms with van der Waals surface area (Å²) in [6.45, 7) is 0.492. The fourth-order valence-corrected chi connectivity index (χ4v) is 8.23. The van der Waals surface area contributed by atoms with Gasteiger partial charge in [0.2, 0.25) is 11.3 Å². The molecular weight excluding hydrogens is 687 g/mol. The zero-order chi connectivity index (χ0) is 34.1. The third-order valence-corrected chi connectivity index (χ3v) is 10.6. The van der Waals surface area contributed by atoms with Crippen molar-refractivity contribution in [2.45, 2.75) is 30.1 Å². The molecule has 2 amide bonds. The second-order valence-electron chi connectivity index (χ2n) is 10.6. The number of pyridine rings is 2. The van der Waals surface area contributed by atoms with Crippen molar-refractivity contribution >= 4 is 79.2 Å². The average Bonchev–Trinajstić information content (AvgIpc) is 3.72. The number of nitrogens with one attached hydrogen (secondary N) is 2. The second kappa shape index (κ2) is 13.5. The molecule has 48 heavy (non-hydrogen) atoms. The van der Waals surface area contributed by atoms with Gasteiger partial charge in [-0.25, -0.2) is 9.78 Å². The highest BCUT2D eigenvalue weighted by molar-refractivity contribution is 8.00. The average molecular weight is 712 g/mol. The van der Waals surface area contributed by atoms with Crippen LogP contribution in [-0.2, 0) is 30.6 Å². The van der Waals surface area contributed by atoms with Gasteiger partial charge in [-0.05, 0) is 23.6 Å². The van der Waals surface area contributed by atoms with Crippen LogP contribution in [0.1, 0.15) is 17.5 Å². The van der Waals surface area contributed by atoms with Crippen molar-refractivity contribution < 1.29 is 43.9 Å². The number of carbonyl (C=O) groups is 4. The summed E-state index contributed by atoms with van der Waals surface area (Å²) in [4.78, 5) is 76.6. The number of nitrogen functional groups attached to an aromatic ring is 1. The first kappa shape index (κ1) is 32.7. The Morgan fingerprint density at radius 2 is 2.12 bits per heavy atom. The van der Waals surface area contributed by atoms with Crippen LogP contribution in [0.5, 0.6) is 5.75 Å². The van der Waals surface area contributed by atoms with Crippen LogP contribution >= 0.6 is 34.4 Å². The van der Waals surface area contributed by atoms with E-state index in [-0.39, 0.29) is 16.5 Å². The molecule has 6 N–H and O–H groups in total. The molecule has 2 aliphatic rings. The lowest BCUT2D eigenvalue weighted by Crippen LogP contribution is -2.77. The molecule has 0 radical (unpaired) electrons. The van der Waals surface area contributed by atoms with Crippen LogP contribution in [0.25, 0.3) is 10.2 Å². The number of aromatic amines is 1. The van der Waals surface area contributed by atoms with E-state index in [1.165, 1.54) is 22.0 Å². The monoisotopic (exact) mass is 711 g/mol. The summed E-state index contributed by atoms with van der Waals surface area (Å²) in [5.41, 5.74) is 3.94. The Bertz CT molecular complexity index is 2040. The summed E-state index contributed by atoms with van der Waals surface area (Å²) in [5.74, 6) is -5.53. The normalized spacial score (nSPS) is 21.5. The van der Waals surface area contributed by atoms with Crippen molar-refractivity contribution in [3.8, 4) is 5.75 Å². The number of aliphatic carboxylic acids is 2. The highest BCUT2D eigenvalue weighted by Gasteiger charge is 2.56. The maximum atomic E-state index is 13.5. The smallest absolute Gasteiger partial charge is 0.354 e. The third-order valence-electron chi connectivity index (χ3n) is 7.59. The van der Waals surface area contributed by atoms with Gasteiger partial charge in [0.1, 0.15) is 17.1 Å². The number of thioether (sulfide) groups is 1. The van der Waals surface area contributed by atoms with Crippen molar-refractivity contribution in [3.63, 3.8) is 0 Å². The number of carbonyl (C=O) groups excluding carboxylic acids is 3. The van der Waals surface area contributed by atoms with Crippen molar-refractivity contribution in [2.24, 2.45) is 11.1 Å². The SMILES string of the molecule is Nc1nc(/C(=N/OC(C(=O)O)c2cc(=O)c(O)c[nH]2)C(=O)N[C@@H]2C(=O)N3C(C(=O)[O-])C(/C=C/C[n+]4cccc5ccsc54)CS[C@H]23)cs1. The van der Waals surface area contributed by atoms with Crippen LogP contribution in [0.4, 0.5) is 5.13 Å². The number of rotatable bonds is 11. The minimum atomic E-state index is -1.91. The molecule has 16 nitrogen and oxygen atoms in total. The number of nitrogens with two attached hydrogens (primary N) is 1. The molecule has 2 saturated heterocycles. The Balaban J connectivity index is 1.17. The number of allylic oxidation sites excluding steroid dienone is 1. The van der Waals surface area contributed by atoms with Crippen molar-refractivity contribution in [1.29, 1.82) is 0 Å². The van der Waals surface area contributed by atoms with E-state index in [0.29, 0.717) is 12.3 Å². The summed E-state index contributed by atoms with van der Waals surface area (Å²) in [6.07, 6.45) is 4.51. The number of thiophene rings is 1. The van der Waals surface area contributed by atoms with E-state index in [9.17, 15) is 39.3 Å². The number of fused-ring (bicyclic) bond motifs is 2. The largest absolute Gasteiger partial charge is 0.548 e. The Morgan fingerprint density at radius 1 is 1.31 bits per heavy atom. The minimum absolute atomic E-state index is 0.0539. The summed E-state index contributed by atoms with van der Waals surface area (Å²) < 4.78 is 2.03. The van der Waals surface area contributed by atoms with Gasteiger partial charge in [-0.1, -0.05) is 22.6 Å². The van der Waals surface area contributed by atoms with Crippen LogP contribution < -0.4 is 26.2 Å². The molecule has 2 aliphatic heterocycles. The predicted octanol–water partition coefficient (Wildman–Crippen LogP) is -0.441. The Labute approximate surface area is 282 Å². The van der Waals surface area contributed by atoms with Crippen molar-refractivity contribution in [2.75, 3.05) is 11.5 Å². The Morgan fingerprint density at radius 3 is 2.83 bits per heavy atom. The molecule has 3 unspecified atom stereocenters. The molecule has 248 valence electrons. The second-order valence-corrected chi connectivity index (χ2v) is 13.5. The number of H-pyrrole nitrogens is 1. The highest BCUT2D eigenvalue weighted by Crippen LogP contribution is 2.41. The number of β-lactam (4-membered cyclic amide) rings is 1. The number of hydrogen-bond donors (Lipinski definition) is 5. The van der Waals surface area contributed by atoms with Crippen molar-refractivity contribution in [3.05, 3.63) is 81.2 Å². The number of thiazole rings is 1. The third kappa shape index (κ3) is 6.34. The molecule has 0 aliphatic carbocycles. The standard InChI is InChI=1S/C29H25N7O9S3/c30-29-32-16(12-48-29)19(34-45-22(28(43)44)15-9-17(37)18(38)10-31-15)23(39)33-20-24(40)36-21(27(41)42)14(11-47-26(20)36)4-2-7-35-6-1-3-13-5-8-46-25(13)35/h1-6,8-10,12,14,20-22,26H,7,11H2,(H6-,30,31,32,33,34,37,38,39,41,42,43,44)/b4-2+/t14?,20-,21?,22?,26-/m1/s1. The van der Waals surface area contributed by atoms with E-state index in [1.54, 1.807) is 17.4 Å². The molecule has 2 fully saturated rings. The van der Waals surface area contributed by atoms with Crippen LogP contribution in [0, 0.1) is 5.92 Å². The number of carboxylic acids is 2. The number of aromatic nitrogens is 3. The molecule has 0 aromatic carbocycles. The van der Waals surface area contributed by atoms with Gasteiger partial charge in [0, 0.05) is 35.4 Å². The fraction of sp³-hybridized carbons (Fsp3) is 0.241. The van der Waals surface area contributed by atoms with Gasteiger partial charge in [-0.3, -0.25) is 14.4 Å². The fourth-order valence-electron chi connectivity index (χ4n) is 5.31. The van der Waals surface area contributed by atoms with E-state index < -0.39 is 70.1 Å². The van der Waals surface area contributed by atoms with Gasteiger partial charge in [-0.2, -0.15) is 4.57 Å². The topological polar surface area (TPSA) is 244 Å². The number of carboxylic acid groups (broad SMARTS) is 2. The van der Waals surface area contributed by atoms with Gasteiger partial charge in [0.25, 0.3) is 16.8 Å². The quantitative estimate of drug-likeness (QED) is 0.0437. The molecule has 0 saturated carbocycles. The molecule has 0 bridgehead atoms. The summed E-state index contributed by atoms with van der Waals surface area (Å²) in [7, 11) is 0. The van der Waals surface area contributed by atoms with E-state index >= 15 is 0 Å². The first-order valence-corrected chi connectivity index (χ1v) is 16.9. The number of hydrogen-bond acceptors (Lipinski definition) is 14. The lowest BCUT2D eigenvalue weighted by Gasteiger charge is -2.55. The van der Waals surface area contributed by atoms with E-state index in [2.05, 4.69) is 20.4 Å². The first-order valence-electron chi connectivity index (χ1n) is 14.1. The lowest BCUT2D eigenvalue weighted by molar-refractivity contribution is -0.659. The maximum absolute atomic E-state index is 13.5. The predicted molar refractivity (Wildman–Crippen MR) is 172 cm³/mol. The van der Waals surface area contributed by atoms with Crippen LogP contribution in [0.15, 0.2) is 69.5 Å². The lowest BCUT2D eigenvalue weighted by atomic mass is 9.93. The number of aromatic hydroxyl groups is 1. The van der Waals surface area contributed by atoms with Gasteiger partial charge in [-0.15, -0.1) is 23.1 Å². The first-order chi connectivity index (χ1) is 23.0. The highest BCUT2D eigenvalue weighted by atomic mass is 32.2. The minimum Gasteiger partial charge on any atom is -0.548 e. The summed E-state index contributed by atoms with van der Waals surface area (Å²) >= 11 is 3.83. The van der Waals surface area contributed by atoms with E-state index in [4.69, 9.17) is 10.6 Å². The molecule has 19 heteroatoms. The zero-order valence-corrected chi connectivity index (χ0v) is 26.9. The Hall–Kier alpha value is -5.27. The van der Waals surface area contributed by atoms with E-state index in [0.717, 1.165) is 33.8 Å². The molecule has 4 aromatic rings. The number of amides is 2. The number of nitrogens with zero attached hydrogens (tertiary/aromatic N) is 4. The Kier molecular flexibility index (Phi) is 9.16. The molecule has 5 atom stereocenters. The van der Waals surface area contributed by atoms with Crippen LogP contribution in [0.2, 0.25) is 0 Å². The molecule has 6 rings (SSSR count). The number of oxime groups is 1. The van der Waals surface area contributed by atoms with Crippen molar-refractivity contribution in [1.82, 2.24) is 20.2 Å². The summed E-state index contributed by atoms with van der Waals surface area (Å²) in [6, 6.07) is 4.32. The molecule has 0 spiro atoms. The van der Waals surface area contributed by atoms with Crippen LogP contribution in [0.3, 0.4) is 0 Å². The van der Waals surface area contributed by atoms with Gasteiger partial charge in [0.05, 0.1) is 23.1 Å². The van der Waals surface area contributed by atoms with Gasteiger partial charge >= 0.3 is 5.97 Å². The van der Waals surface area contributed by atoms with Gasteiger partial charge in [0.15, 0.2) is 29.3 Å². The summed E-state index contributed by atoms with van der Waals surface area (Å²) in [5, 5.41) is 41.4.